The average molecular weight is 494 g/mol. The number of methoxy groups -OCH3 is 2. The van der Waals surface area contributed by atoms with E-state index >= 15 is 0 Å². The van der Waals surface area contributed by atoms with Crippen LogP contribution < -0.4 is 14.4 Å². The number of aliphatic hydroxyl groups excluding tert-OH is 1. The Morgan fingerprint density at radius 3 is 2.29 bits per heavy atom. The van der Waals surface area contributed by atoms with Crippen molar-refractivity contribution in [3.63, 3.8) is 0 Å². The summed E-state index contributed by atoms with van der Waals surface area (Å²) in [5.41, 5.74) is 2.49. The first-order valence-electron chi connectivity index (χ1n) is 10.8. The zero-order valence-corrected chi connectivity index (χ0v) is 20.4. The molecule has 1 aliphatic heterocycles. The van der Waals surface area contributed by atoms with E-state index in [1.165, 1.54) is 24.1 Å². The van der Waals surface area contributed by atoms with Gasteiger partial charge < -0.3 is 19.7 Å². The summed E-state index contributed by atoms with van der Waals surface area (Å²) in [6, 6.07) is 13.5. The second kappa shape index (κ2) is 9.35. The summed E-state index contributed by atoms with van der Waals surface area (Å²) >= 11 is 6.17. The minimum absolute atomic E-state index is 0.104. The van der Waals surface area contributed by atoms with Crippen molar-refractivity contribution in [2.45, 2.75) is 19.9 Å². The quantitative estimate of drug-likeness (QED) is 0.284. The van der Waals surface area contributed by atoms with Crippen molar-refractivity contribution < 1.29 is 29.3 Å². The number of hydrogen-bond acceptors (Lipinski definition) is 6. The molecule has 0 aromatic heterocycles. The summed E-state index contributed by atoms with van der Waals surface area (Å²) in [7, 11) is 2.97. The molecule has 1 fully saturated rings. The number of aliphatic hydroxyl groups is 1. The van der Waals surface area contributed by atoms with Gasteiger partial charge in [-0.05, 0) is 73.0 Å². The molecule has 1 amide bonds. The smallest absolute Gasteiger partial charge is 0.300 e. The molecule has 3 aromatic rings. The van der Waals surface area contributed by atoms with Crippen LogP contribution in [0.3, 0.4) is 0 Å². The fourth-order valence-corrected chi connectivity index (χ4v) is 4.51. The van der Waals surface area contributed by atoms with Gasteiger partial charge >= 0.3 is 0 Å². The molecular weight excluding hydrogens is 470 g/mol. The number of nitrogens with zero attached hydrogens (tertiary/aromatic N) is 1. The van der Waals surface area contributed by atoms with Crippen molar-refractivity contribution in [2.75, 3.05) is 19.1 Å². The normalized spacial score (nSPS) is 17.1. The van der Waals surface area contributed by atoms with Gasteiger partial charge in [-0.15, -0.1) is 0 Å². The zero-order valence-electron chi connectivity index (χ0n) is 19.6. The molecule has 8 heteroatoms. The summed E-state index contributed by atoms with van der Waals surface area (Å²) < 4.78 is 10.5. The summed E-state index contributed by atoms with van der Waals surface area (Å²) in [6.45, 7) is 3.59. The number of ketones is 1. The third kappa shape index (κ3) is 4.19. The first-order valence-corrected chi connectivity index (χ1v) is 11.1. The van der Waals surface area contributed by atoms with Crippen LogP contribution in [-0.2, 0) is 9.59 Å². The Labute approximate surface area is 207 Å². The highest BCUT2D eigenvalue weighted by Crippen LogP contribution is 2.44. The molecule has 1 unspecified atom stereocenters. The first-order chi connectivity index (χ1) is 16.7. The van der Waals surface area contributed by atoms with Crippen molar-refractivity contribution >= 4 is 34.7 Å². The number of aromatic hydroxyl groups is 1. The third-order valence-corrected chi connectivity index (χ3v) is 6.28. The fourth-order valence-electron chi connectivity index (χ4n) is 4.33. The highest BCUT2D eigenvalue weighted by atomic mass is 35.5. The number of benzene rings is 3. The molecule has 4 rings (SSSR count). The number of halogens is 1. The van der Waals surface area contributed by atoms with E-state index in [0.717, 1.165) is 5.56 Å². The number of phenols is 1. The maximum absolute atomic E-state index is 13.3. The highest BCUT2D eigenvalue weighted by molar-refractivity contribution is 6.51. The van der Waals surface area contributed by atoms with E-state index in [-0.39, 0.29) is 22.8 Å². The standard InChI is InChI=1S/C27H24ClNO6/c1-14-11-22(35-4)15(2)10-19(14)25(31)23-24(16-8-9-21(34-3)20(30)12-16)29(27(33)26(23)32)18-7-5-6-17(28)13-18/h5-13,24,30-31H,1-4H3/b25-23+. The molecule has 35 heavy (non-hydrogen) atoms. The van der Waals surface area contributed by atoms with Crippen molar-refractivity contribution in [3.05, 3.63) is 87.4 Å². The minimum Gasteiger partial charge on any atom is -0.507 e. The van der Waals surface area contributed by atoms with Crippen LogP contribution in [0.15, 0.2) is 60.2 Å². The van der Waals surface area contributed by atoms with Gasteiger partial charge in [0.1, 0.15) is 11.5 Å². The van der Waals surface area contributed by atoms with Gasteiger partial charge in [0.05, 0.1) is 25.8 Å². The predicted molar refractivity (Wildman–Crippen MR) is 133 cm³/mol. The molecule has 180 valence electrons. The van der Waals surface area contributed by atoms with Crippen molar-refractivity contribution in [1.82, 2.24) is 0 Å². The van der Waals surface area contributed by atoms with Gasteiger partial charge in [0.25, 0.3) is 11.7 Å². The van der Waals surface area contributed by atoms with Crippen molar-refractivity contribution in [2.24, 2.45) is 0 Å². The van der Waals surface area contributed by atoms with E-state index in [0.29, 0.717) is 33.1 Å². The Morgan fingerprint density at radius 1 is 0.943 bits per heavy atom. The lowest BCUT2D eigenvalue weighted by Gasteiger charge is -2.26. The molecule has 3 aromatic carbocycles. The third-order valence-electron chi connectivity index (χ3n) is 6.05. The Morgan fingerprint density at radius 2 is 1.66 bits per heavy atom. The lowest BCUT2D eigenvalue weighted by atomic mass is 9.92. The number of carbonyl (C=O) groups excluding carboxylic acids is 2. The van der Waals surface area contributed by atoms with Gasteiger partial charge in [0, 0.05) is 16.3 Å². The molecular formula is C27H24ClNO6. The molecule has 0 aliphatic carbocycles. The number of hydrogen-bond donors (Lipinski definition) is 2. The topological polar surface area (TPSA) is 96.3 Å². The van der Waals surface area contributed by atoms with E-state index < -0.39 is 17.7 Å². The van der Waals surface area contributed by atoms with Crippen LogP contribution in [0.5, 0.6) is 17.2 Å². The molecule has 1 saturated heterocycles. The molecule has 0 spiro atoms. The fraction of sp³-hybridized carbons (Fsp3) is 0.185. The van der Waals surface area contributed by atoms with Crippen LogP contribution in [0.25, 0.3) is 5.76 Å². The molecule has 1 atom stereocenters. The summed E-state index contributed by atoms with van der Waals surface area (Å²) in [5.74, 6) is -1.30. The van der Waals surface area contributed by atoms with E-state index in [4.69, 9.17) is 21.1 Å². The zero-order chi connectivity index (χ0) is 25.4. The molecule has 0 bridgehead atoms. The summed E-state index contributed by atoms with van der Waals surface area (Å²) in [4.78, 5) is 27.9. The second-order valence-electron chi connectivity index (χ2n) is 8.22. The van der Waals surface area contributed by atoms with Crippen LogP contribution in [-0.4, -0.2) is 36.1 Å². The number of ether oxygens (including phenoxy) is 2. The Balaban J connectivity index is 1.99. The van der Waals surface area contributed by atoms with Gasteiger partial charge in [0.2, 0.25) is 0 Å². The minimum atomic E-state index is -1.02. The van der Waals surface area contributed by atoms with Crippen LogP contribution in [0, 0.1) is 13.8 Å². The number of anilines is 1. The number of rotatable bonds is 5. The van der Waals surface area contributed by atoms with Gasteiger partial charge in [-0.1, -0.05) is 23.7 Å². The molecule has 1 aliphatic rings. The maximum atomic E-state index is 13.3. The van der Waals surface area contributed by atoms with Gasteiger partial charge in [-0.2, -0.15) is 0 Å². The van der Waals surface area contributed by atoms with Crippen LogP contribution in [0.2, 0.25) is 5.02 Å². The van der Waals surface area contributed by atoms with E-state index in [1.54, 1.807) is 56.5 Å². The monoisotopic (exact) mass is 493 g/mol. The maximum Gasteiger partial charge on any atom is 0.300 e. The predicted octanol–water partition coefficient (Wildman–Crippen LogP) is 5.31. The lowest BCUT2D eigenvalue weighted by molar-refractivity contribution is -0.132. The van der Waals surface area contributed by atoms with Crippen LogP contribution in [0.4, 0.5) is 5.69 Å². The number of Topliss-reactive ketones (excluding diaryl/α,β-unsaturated/α-hetero) is 1. The molecule has 0 saturated carbocycles. The number of phenolic OH excluding ortho intramolecular Hbond substituents is 1. The molecule has 7 nitrogen and oxygen atoms in total. The number of amides is 1. The summed E-state index contributed by atoms with van der Waals surface area (Å²) in [6.07, 6.45) is 0. The van der Waals surface area contributed by atoms with Gasteiger partial charge in [-0.25, -0.2) is 0 Å². The van der Waals surface area contributed by atoms with Crippen LogP contribution >= 0.6 is 11.6 Å². The number of aryl methyl sites for hydroxylation is 2. The van der Waals surface area contributed by atoms with Gasteiger partial charge in [-0.3, -0.25) is 14.5 Å². The van der Waals surface area contributed by atoms with Crippen molar-refractivity contribution in [1.29, 1.82) is 0 Å². The first kappa shape index (κ1) is 24.2. The average Bonchev–Trinajstić information content (AvgIpc) is 3.10. The highest BCUT2D eigenvalue weighted by Gasteiger charge is 2.47. The summed E-state index contributed by atoms with van der Waals surface area (Å²) in [5, 5.41) is 22.2. The molecule has 1 heterocycles. The Kier molecular flexibility index (Phi) is 6.45. The van der Waals surface area contributed by atoms with E-state index in [1.807, 2.05) is 6.92 Å². The van der Waals surface area contributed by atoms with Gasteiger partial charge in [0.15, 0.2) is 11.5 Å². The van der Waals surface area contributed by atoms with Crippen LogP contribution in [0.1, 0.15) is 28.3 Å². The SMILES string of the molecule is COc1cc(C)c(/C(O)=C2\C(=O)C(=O)N(c3cccc(Cl)c3)C2c2ccc(OC)c(O)c2)cc1C. The molecule has 2 N–H and O–H groups in total. The molecule has 0 radical (unpaired) electrons. The lowest BCUT2D eigenvalue weighted by Crippen LogP contribution is -2.29. The van der Waals surface area contributed by atoms with E-state index in [9.17, 15) is 19.8 Å². The van der Waals surface area contributed by atoms with Crippen molar-refractivity contribution in [3.8, 4) is 17.2 Å². The largest absolute Gasteiger partial charge is 0.507 e. The Hall–Kier alpha value is -3.97. The Bertz CT molecular complexity index is 1380. The van der Waals surface area contributed by atoms with E-state index in [2.05, 4.69) is 0 Å². The number of carbonyl (C=O) groups is 2. The second-order valence-corrected chi connectivity index (χ2v) is 8.65.